The van der Waals surface area contributed by atoms with Gasteiger partial charge in [0, 0.05) is 59.0 Å². The Bertz CT molecular complexity index is 3440. The van der Waals surface area contributed by atoms with Crippen molar-refractivity contribution in [1.29, 1.82) is 0 Å². The van der Waals surface area contributed by atoms with E-state index in [9.17, 15) is 0 Å². The molecule has 1 aliphatic heterocycles. The third-order valence-corrected chi connectivity index (χ3v) is 14.1. The molecular weight excluding hydrogens is 747 g/mol. The van der Waals surface area contributed by atoms with Crippen molar-refractivity contribution >= 4 is 70.1 Å². The van der Waals surface area contributed by atoms with Crippen LogP contribution < -0.4 is 9.64 Å². The third-order valence-electron chi connectivity index (χ3n) is 12.9. The van der Waals surface area contributed by atoms with Crippen LogP contribution in [0.15, 0.2) is 212 Å². The van der Waals surface area contributed by atoms with Crippen LogP contribution in [0.3, 0.4) is 0 Å². The zero-order valence-electron chi connectivity index (χ0n) is 32.5. The van der Waals surface area contributed by atoms with Gasteiger partial charge >= 0.3 is 0 Å². The van der Waals surface area contributed by atoms with Crippen molar-refractivity contribution in [2.75, 3.05) is 4.90 Å². The van der Waals surface area contributed by atoms with Gasteiger partial charge in [-0.05, 0) is 81.1 Å². The first-order valence-electron chi connectivity index (χ1n) is 20.6. The molecule has 0 saturated carbocycles. The molecule has 0 atom stereocenters. The molecule has 0 unspecified atom stereocenters. The maximum Gasteiger partial charge on any atom is 0.140 e. The van der Waals surface area contributed by atoms with E-state index in [0.29, 0.717) is 0 Å². The molecule has 0 amide bonds. The average molecular weight is 782 g/mol. The molecule has 11 aromatic rings. The van der Waals surface area contributed by atoms with E-state index in [0.717, 1.165) is 61.2 Å². The Morgan fingerprint density at radius 3 is 1.72 bits per heavy atom. The van der Waals surface area contributed by atoms with Gasteiger partial charge < -0.3 is 9.64 Å². The Morgan fingerprint density at radius 1 is 0.383 bits per heavy atom. The summed E-state index contributed by atoms with van der Waals surface area (Å²) in [5.41, 5.74) is 12.4. The van der Waals surface area contributed by atoms with Crippen molar-refractivity contribution in [2.45, 2.75) is 5.41 Å². The number of ether oxygens (including phenoxy) is 1. The molecule has 1 aromatic heterocycles. The third kappa shape index (κ3) is 4.64. The maximum atomic E-state index is 7.24. The Hall–Kier alpha value is -7.46. The SMILES string of the molecule is c1ccc(-c2ccc(N(c3ccc4sc5ccccc5c4c3)c3cccc4c3-c3ccccc3C43c4ccc5ccccc5c4Oc4c3ccc3ccccc43)cc2)cc1. The lowest BCUT2D eigenvalue weighted by Gasteiger charge is -2.40. The van der Waals surface area contributed by atoms with Gasteiger partial charge in [-0.1, -0.05) is 170 Å². The molecule has 60 heavy (non-hydrogen) atoms. The van der Waals surface area contributed by atoms with Crippen LogP contribution in [0.5, 0.6) is 11.5 Å². The molecule has 0 N–H and O–H groups in total. The number of hydrogen-bond acceptors (Lipinski definition) is 3. The van der Waals surface area contributed by atoms with Crippen LogP contribution in [0.25, 0.3) is 64.0 Å². The van der Waals surface area contributed by atoms with Gasteiger partial charge in [0.1, 0.15) is 11.5 Å². The molecule has 1 aliphatic carbocycles. The second kappa shape index (κ2) is 12.8. The number of hydrogen-bond donors (Lipinski definition) is 0. The highest BCUT2D eigenvalue weighted by atomic mass is 32.1. The molecule has 0 bridgehead atoms. The summed E-state index contributed by atoms with van der Waals surface area (Å²) in [5, 5.41) is 7.12. The fraction of sp³-hybridized carbons (Fsp3) is 0.0175. The number of anilines is 3. The Morgan fingerprint density at radius 2 is 0.967 bits per heavy atom. The van der Waals surface area contributed by atoms with E-state index in [1.165, 1.54) is 53.6 Å². The van der Waals surface area contributed by atoms with Crippen molar-refractivity contribution in [1.82, 2.24) is 0 Å². The molecule has 10 aromatic carbocycles. The van der Waals surface area contributed by atoms with E-state index < -0.39 is 5.41 Å². The van der Waals surface area contributed by atoms with E-state index in [-0.39, 0.29) is 0 Å². The smallest absolute Gasteiger partial charge is 0.140 e. The number of rotatable bonds is 4. The lowest BCUT2D eigenvalue weighted by molar-refractivity contribution is 0.447. The zero-order valence-corrected chi connectivity index (χ0v) is 33.3. The molecule has 0 fully saturated rings. The van der Waals surface area contributed by atoms with Crippen LogP contribution in [0.2, 0.25) is 0 Å². The minimum atomic E-state index is -0.644. The van der Waals surface area contributed by atoms with Crippen molar-refractivity contribution in [3.05, 3.63) is 235 Å². The van der Waals surface area contributed by atoms with E-state index in [1.54, 1.807) is 0 Å². The predicted octanol–water partition coefficient (Wildman–Crippen LogP) is 16.0. The number of benzene rings is 10. The first-order valence-corrected chi connectivity index (χ1v) is 21.4. The lowest BCUT2D eigenvalue weighted by Crippen LogP contribution is -2.32. The normalized spacial score (nSPS) is 13.3. The van der Waals surface area contributed by atoms with E-state index in [4.69, 9.17) is 4.74 Å². The molecule has 3 heteroatoms. The molecule has 1 spiro atoms. The minimum Gasteiger partial charge on any atom is -0.455 e. The second-order valence-electron chi connectivity index (χ2n) is 16.0. The zero-order chi connectivity index (χ0) is 39.4. The summed E-state index contributed by atoms with van der Waals surface area (Å²) in [5.74, 6) is 1.85. The lowest BCUT2D eigenvalue weighted by atomic mass is 9.65. The van der Waals surface area contributed by atoms with Gasteiger partial charge in [0.05, 0.1) is 11.1 Å². The van der Waals surface area contributed by atoms with E-state index in [2.05, 4.69) is 217 Å². The first kappa shape index (κ1) is 33.5. The summed E-state index contributed by atoms with van der Waals surface area (Å²) in [6, 6.07) is 78.0. The van der Waals surface area contributed by atoms with Crippen molar-refractivity contribution in [3.8, 4) is 33.8 Å². The maximum absolute atomic E-state index is 7.24. The molecule has 280 valence electrons. The van der Waals surface area contributed by atoms with Crippen molar-refractivity contribution < 1.29 is 4.74 Å². The second-order valence-corrected chi connectivity index (χ2v) is 17.0. The van der Waals surface area contributed by atoms with Crippen LogP contribution in [0, 0.1) is 0 Å². The fourth-order valence-corrected chi connectivity index (χ4v) is 11.4. The standard InChI is InChI=1S/C57H35NOS/c1-2-13-36(14-3-1)37-25-29-40(30-26-37)58(41-31-34-53-46(35-41)44-19-9-11-24-52(44)60-53)51-23-12-22-48-54(51)45-20-8-10-21-47(45)57(48)49-32-27-38-15-4-6-17-42(38)55(49)59-56-43-18-7-5-16-39(43)28-33-50(56)57/h1-35H. The Kier molecular flexibility index (Phi) is 7.13. The van der Waals surface area contributed by atoms with Crippen LogP contribution >= 0.6 is 11.3 Å². The summed E-state index contributed by atoms with van der Waals surface area (Å²) < 4.78 is 9.83. The summed E-state index contributed by atoms with van der Waals surface area (Å²) >= 11 is 1.86. The summed E-state index contributed by atoms with van der Waals surface area (Å²) in [6.07, 6.45) is 0. The van der Waals surface area contributed by atoms with Gasteiger partial charge in [-0.2, -0.15) is 0 Å². The Labute approximate surface area is 351 Å². The van der Waals surface area contributed by atoms with Gasteiger partial charge in [-0.3, -0.25) is 0 Å². The highest BCUT2D eigenvalue weighted by Gasteiger charge is 2.52. The van der Waals surface area contributed by atoms with Gasteiger partial charge in [-0.25, -0.2) is 0 Å². The largest absolute Gasteiger partial charge is 0.455 e. The number of nitrogens with zero attached hydrogens (tertiary/aromatic N) is 1. The number of thiophene rings is 1. The molecule has 13 rings (SSSR count). The summed E-state index contributed by atoms with van der Waals surface area (Å²) in [4.78, 5) is 2.48. The molecule has 0 radical (unpaired) electrons. The van der Waals surface area contributed by atoms with Crippen LogP contribution in [-0.2, 0) is 5.41 Å². The predicted molar refractivity (Wildman–Crippen MR) is 252 cm³/mol. The topological polar surface area (TPSA) is 12.5 Å². The molecule has 0 saturated heterocycles. The molecule has 2 nitrogen and oxygen atoms in total. The highest BCUT2D eigenvalue weighted by Crippen LogP contribution is 2.65. The van der Waals surface area contributed by atoms with Gasteiger partial charge in [-0.15, -0.1) is 11.3 Å². The average Bonchev–Trinajstić information content (AvgIpc) is 3.83. The van der Waals surface area contributed by atoms with Crippen LogP contribution in [0.1, 0.15) is 22.3 Å². The monoisotopic (exact) mass is 781 g/mol. The van der Waals surface area contributed by atoms with Crippen molar-refractivity contribution in [2.24, 2.45) is 0 Å². The summed E-state index contributed by atoms with van der Waals surface area (Å²) in [6.45, 7) is 0. The van der Waals surface area contributed by atoms with Gasteiger partial charge in [0.15, 0.2) is 0 Å². The highest BCUT2D eigenvalue weighted by molar-refractivity contribution is 7.25. The van der Waals surface area contributed by atoms with Crippen LogP contribution in [-0.4, -0.2) is 0 Å². The quantitative estimate of drug-likeness (QED) is 0.176. The first-order chi connectivity index (χ1) is 29.8. The van der Waals surface area contributed by atoms with Crippen LogP contribution in [0.4, 0.5) is 17.1 Å². The fourth-order valence-electron chi connectivity index (χ4n) is 10.3. The van der Waals surface area contributed by atoms with E-state index >= 15 is 0 Å². The Balaban J connectivity index is 1.12. The van der Waals surface area contributed by atoms with Gasteiger partial charge in [0.25, 0.3) is 0 Å². The van der Waals surface area contributed by atoms with Crippen molar-refractivity contribution in [3.63, 3.8) is 0 Å². The minimum absolute atomic E-state index is 0.644. The molecule has 2 heterocycles. The molecule has 2 aliphatic rings. The molecular formula is C57H35NOS. The van der Waals surface area contributed by atoms with Gasteiger partial charge in [0.2, 0.25) is 0 Å². The summed E-state index contributed by atoms with van der Waals surface area (Å²) in [7, 11) is 0. The van der Waals surface area contributed by atoms with E-state index in [1.807, 2.05) is 11.3 Å². The number of fused-ring (bicyclic) bond motifs is 16.